The fourth-order valence-electron chi connectivity index (χ4n) is 2.29. The number of hydrogen-bond acceptors (Lipinski definition) is 2. The van der Waals surface area contributed by atoms with Gasteiger partial charge < -0.3 is 10.0 Å². The fraction of sp³-hybridized carbons (Fsp3) is 0.750. The summed E-state index contributed by atoms with van der Waals surface area (Å²) in [6, 6.07) is 0. The number of alkyl halides is 3. The van der Waals surface area contributed by atoms with Gasteiger partial charge in [0.2, 0.25) is 0 Å². The first-order chi connectivity index (χ1) is 6.80. The third-order valence-corrected chi connectivity index (χ3v) is 3.11. The van der Waals surface area contributed by atoms with Crippen molar-refractivity contribution in [2.45, 2.75) is 24.6 Å². The van der Waals surface area contributed by atoms with Crippen molar-refractivity contribution >= 4 is 11.9 Å². The van der Waals surface area contributed by atoms with Crippen LogP contribution in [0.1, 0.15) is 12.8 Å². The second-order valence-electron chi connectivity index (χ2n) is 3.87. The zero-order valence-corrected chi connectivity index (χ0v) is 7.54. The van der Waals surface area contributed by atoms with Gasteiger partial charge in [-0.3, -0.25) is 4.79 Å². The van der Waals surface area contributed by atoms with Crippen LogP contribution in [0, 0.1) is 5.92 Å². The molecule has 2 unspecified atom stereocenters. The number of carbonyl (C=O) groups excluding carboxylic acids is 1. The summed E-state index contributed by atoms with van der Waals surface area (Å²) in [5.74, 6) is -3.67. The van der Waals surface area contributed by atoms with Gasteiger partial charge in [-0.05, 0) is 18.8 Å². The van der Waals surface area contributed by atoms with Crippen LogP contribution < -0.4 is 0 Å². The molecule has 2 atom stereocenters. The first kappa shape index (κ1) is 10.3. The lowest BCUT2D eigenvalue weighted by molar-refractivity contribution is -0.189. The number of piperidine rings is 1. The van der Waals surface area contributed by atoms with E-state index >= 15 is 0 Å². The number of halogens is 3. The monoisotopic (exact) mass is 223 g/mol. The number of rotatable bonds is 1. The van der Waals surface area contributed by atoms with Crippen molar-refractivity contribution in [2.24, 2.45) is 5.92 Å². The normalized spacial score (nSPS) is 33.8. The van der Waals surface area contributed by atoms with Crippen molar-refractivity contribution in [3.05, 3.63) is 0 Å². The molecule has 1 aliphatic heterocycles. The molecule has 15 heavy (non-hydrogen) atoms. The van der Waals surface area contributed by atoms with Crippen LogP contribution in [0.2, 0.25) is 0 Å². The van der Waals surface area contributed by atoms with Gasteiger partial charge in [-0.1, -0.05) is 0 Å². The molecule has 2 aliphatic rings. The number of carboxylic acid groups (broad SMARTS) is 1. The molecule has 1 amide bonds. The minimum absolute atomic E-state index is 0.116. The Hall–Kier alpha value is -1.27. The van der Waals surface area contributed by atoms with Gasteiger partial charge in [0.15, 0.2) is 0 Å². The number of amides is 1. The van der Waals surface area contributed by atoms with E-state index < -0.39 is 23.6 Å². The molecule has 0 radical (unpaired) electrons. The van der Waals surface area contributed by atoms with Crippen molar-refractivity contribution in [3.63, 3.8) is 0 Å². The Morgan fingerprint density at radius 3 is 2.40 bits per heavy atom. The van der Waals surface area contributed by atoms with Crippen molar-refractivity contribution < 1.29 is 27.9 Å². The molecule has 2 rings (SSSR count). The minimum atomic E-state index is -4.99. The van der Waals surface area contributed by atoms with Crippen LogP contribution in [0.4, 0.5) is 13.2 Å². The first-order valence-corrected chi connectivity index (χ1v) is 4.42. The van der Waals surface area contributed by atoms with Crippen molar-refractivity contribution in [1.82, 2.24) is 4.90 Å². The van der Waals surface area contributed by atoms with Gasteiger partial charge in [0, 0.05) is 6.54 Å². The highest BCUT2D eigenvalue weighted by molar-refractivity contribution is 5.93. The molecule has 1 aliphatic carbocycles. The molecular formula is C8H8F3NO3. The Morgan fingerprint density at radius 2 is 2.00 bits per heavy atom. The van der Waals surface area contributed by atoms with E-state index in [0.717, 1.165) is 0 Å². The van der Waals surface area contributed by atoms with Crippen LogP contribution >= 0.6 is 0 Å². The van der Waals surface area contributed by atoms with Gasteiger partial charge in [-0.2, -0.15) is 13.2 Å². The highest BCUT2D eigenvalue weighted by atomic mass is 19.4. The first-order valence-electron chi connectivity index (χ1n) is 4.42. The summed E-state index contributed by atoms with van der Waals surface area (Å²) in [4.78, 5) is 22.3. The SMILES string of the molecule is O=C(N1CCC2CC21C(=O)O)C(F)(F)F. The van der Waals surface area contributed by atoms with Crippen molar-refractivity contribution in [2.75, 3.05) is 6.54 Å². The van der Waals surface area contributed by atoms with E-state index in [-0.39, 0.29) is 18.9 Å². The number of hydrogen-bond donors (Lipinski definition) is 1. The average Bonchev–Trinajstić information content (AvgIpc) is 2.72. The zero-order chi connectivity index (χ0) is 11.4. The quantitative estimate of drug-likeness (QED) is 0.709. The maximum absolute atomic E-state index is 12.1. The molecule has 1 heterocycles. The molecule has 0 aromatic heterocycles. The molecule has 0 spiro atoms. The smallest absolute Gasteiger partial charge is 0.471 e. The maximum Gasteiger partial charge on any atom is 0.471 e. The lowest BCUT2D eigenvalue weighted by Gasteiger charge is -2.25. The molecule has 84 valence electrons. The number of nitrogens with zero attached hydrogens (tertiary/aromatic N) is 1. The summed E-state index contributed by atoms with van der Waals surface area (Å²) in [5, 5.41) is 8.84. The summed E-state index contributed by atoms with van der Waals surface area (Å²) < 4.78 is 36.4. The Balaban J connectivity index is 2.25. The second-order valence-corrected chi connectivity index (χ2v) is 3.87. The second kappa shape index (κ2) is 2.65. The van der Waals surface area contributed by atoms with Crippen LogP contribution in [0.15, 0.2) is 0 Å². The van der Waals surface area contributed by atoms with Gasteiger partial charge in [0.25, 0.3) is 0 Å². The van der Waals surface area contributed by atoms with Gasteiger partial charge >= 0.3 is 18.1 Å². The molecule has 0 aromatic rings. The fourth-order valence-corrected chi connectivity index (χ4v) is 2.29. The third-order valence-electron chi connectivity index (χ3n) is 3.11. The largest absolute Gasteiger partial charge is 0.479 e. The van der Waals surface area contributed by atoms with Crippen LogP contribution in [-0.2, 0) is 9.59 Å². The molecule has 1 saturated carbocycles. The summed E-state index contributed by atoms with van der Waals surface area (Å²) in [5.41, 5.74) is -1.56. The summed E-state index contributed by atoms with van der Waals surface area (Å²) in [6.45, 7) is -0.116. The minimum Gasteiger partial charge on any atom is -0.479 e. The van der Waals surface area contributed by atoms with E-state index in [0.29, 0.717) is 11.3 Å². The van der Waals surface area contributed by atoms with Crippen LogP contribution in [0.25, 0.3) is 0 Å². The Bertz CT molecular complexity index is 341. The molecular weight excluding hydrogens is 215 g/mol. The van der Waals surface area contributed by atoms with Crippen LogP contribution in [0.5, 0.6) is 0 Å². The number of aliphatic carboxylic acids is 1. The standard InChI is InChI=1S/C8H8F3NO3/c9-8(10,11)5(13)12-2-1-4-3-7(4,12)6(14)15/h4H,1-3H2,(H,14,15). The van der Waals surface area contributed by atoms with Gasteiger partial charge in [0.1, 0.15) is 5.54 Å². The van der Waals surface area contributed by atoms with Crippen molar-refractivity contribution in [3.8, 4) is 0 Å². The van der Waals surface area contributed by atoms with Gasteiger partial charge in [-0.25, -0.2) is 4.79 Å². The van der Waals surface area contributed by atoms with Gasteiger partial charge in [-0.15, -0.1) is 0 Å². The topological polar surface area (TPSA) is 57.6 Å². The molecule has 0 bridgehead atoms. The molecule has 1 saturated heterocycles. The van der Waals surface area contributed by atoms with E-state index in [9.17, 15) is 22.8 Å². The van der Waals surface area contributed by atoms with Crippen LogP contribution in [0.3, 0.4) is 0 Å². The maximum atomic E-state index is 12.1. The summed E-state index contributed by atoms with van der Waals surface area (Å²) in [7, 11) is 0. The predicted molar refractivity (Wildman–Crippen MR) is 40.9 cm³/mol. The number of likely N-dealkylation sites (tertiary alicyclic amines) is 1. The van der Waals surface area contributed by atoms with E-state index in [2.05, 4.69) is 0 Å². The van der Waals surface area contributed by atoms with E-state index in [1.807, 2.05) is 0 Å². The summed E-state index contributed by atoms with van der Waals surface area (Å²) >= 11 is 0. The Labute approximate surface area is 82.7 Å². The molecule has 7 heteroatoms. The van der Waals surface area contributed by atoms with E-state index in [4.69, 9.17) is 5.11 Å². The molecule has 4 nitrogen and oxygen atoms in total. The average molecular weight is 223 g/mol. The number of carboxylic acids is 1. The zero-order valence-electron chi connectivity index (χ0n) is 7.54. The Kier molecular flexibility index (Phi) is 1.81. The van der Waals surface area contributed by atoms with E-state index in [1.54, 1.807) is 0 Å². The number of carbonyl (C=O) groups is 2. The third kappa shape index (κ3) is 1.22. The highest BCUT2D eigenvalue weighted by Crippen LogP contribution is 2.56. The van der Waals surface area contributed by atoms with Crippen LogP contribution in [-0.4, -0.2) is 40.1 Å². The molecule has 1 N–H and O–H groups in total. The number of fused-ring (bicyclic) bond motifs is 1. The van der Waals surface area contributed by atoms with Gasteiger partial charge in [0.05, 0.1) is 0 Å². The Morgan fingerprint density at radius 1 is 1.40 bits per heavy atom. The molecule has 0 aromatic carbocycles. The lowest BCUT2D eigenvalue weighted by Crippen LogP contribution is -2.50. The van der Waals surface area contributed by atoms with E-state index in [1.165, 1.54) is 0 Å². The molecule has 2 fully saturated rings. The predicted octanol–water partition coefficient (Wildman–Crippen LogP) is 0.624. The lowest BCUT2D eigenvalue weighted by atomic mass is 10.2. The highest BCUT2D eigenvalue weighted by Gasteiger charge is 2.71. The summed E-state index contributed by atoms with van der Waals surface area (Å²) in [6.07, 6.45) is -4.50. The van der Waals surface area contributed by atoms with Crippen molar-refractivity contribution in [1.29, 1.82) is 0 Å².